The molecule has 2 saturated heterocycles. The molecule has 0 radical (unpaired) electrons. The second kappa shape index (κ2) is 6.90. The highest BCUT2D eigenvalue weighted by Crippen LogP contribution is 2.19. The average Bonchev–Trinajstić information content (AvgIpc) is 3.24. The van der Waals surface area contributed by atoms with E-state index in [9.17, 15) is 14.4 Å². The minimum absolute atomic E-state index is 0.0493. The van der Waals surface area contributed by atoms with Crippen molar-refractivity contribution in [3.8, 4) is 0 Å². The Labute approximate surface area is 141 Å². The highest BCUT2D eigenvalue weighted by atomic mass is 16.2. The fraction of sp³-hybridized carbons (Fsp3) is 0.471. The third-order valence-corrected chi connectivity index (χ3v) is 4.45. The first-order chi connectivity index (χ1) is 11.6. The Hall–Kier alpha value is -2.57. The van der Waals surface area contributed by atoms with Crippen LogP contribution in [0.5, 0.6) is 0 Å². The Kier molecular flexibility index (Phi) is 4.69. The van der Waals surface area contributed by atoms with E-state index in [0.717, 1.165) is 37.2 Å². The van der Waals surface area contributed by atoms with Gasteiger partial charge in [-0.05, 0) is 43.5 Å². The first-order valence-corrected chi connectivity index (χ1v) is 8.28. The van der Waals surface area contributed by atoms with Crippen molar-refractivity contribution in [2.45, 2.75) is 19.8 Å². The second-order valence-electron chi connectivity index (χ2n) is 6.16. The summed E-state index contributed by atoms with van der Waals surface area (Å²) < 4.78 is 0. The molecule has 128 valence electrons. The van der Waals surface area contributed by atoms with Gasteiger partial charge in [0, 0.05) is 37.4 Å². The van der Waals surface area contributed by atoms with Crippen LogP contribution < -0.4 is 10.6 Å². The molecule has 1 aromatic rings. The minimum atomic E-state index is -0.343. The summed E-state index contributed by atoms with van der Waals surface area (Å²) in [4.78, 5) is 39.0. The third-order valence-electron chi connectivity index (χ3n) is 4.45. The number of urea groups is 1. The van der Waals surface area contributed by atoms with E-state index in [0.29, 0.717) is 18.7 Å². The molecule has 7 heteroatoms. The molecule has 0 bridgehead atoms. The molecule has 0 aliphatic carbocycles. The second-order valence-corrected chi connectivity index (χ2v) is 6.16. The van der Waals surface area contributed by atoms with Crippen LogP contribution in [0.15, 0.2) is 18.2 Å². The van der Waals surface area contributed by atoms with Gasteiger partial charge in [0.2, 0.25) is 5.91 Å². The number of carbonyl (C=O) groups excluding carboxylic acids is 3. The fourth-order valence-corrected chi connectivity index (χ4v) is 3.07. The molecule has 0 aromatic heterocycles. The van der Waals surface area contributed by atoms with E-state index in [1.807, 2.05) is 24.0 Å². The lowest BCUT2D eigenvalue weighted by Crippen LogP contribution is -2.38. The number of rotatable bonds is 4. The first-order valence-electron chi connectivity index (χ1n) is 8.28. The van der Waals surface area contributed by atoms with Gasteiger partial charge in [-0.25, -0.2) is 4.79 Å². The summed E-state index contributed by atoms with van der Waals surface area (Å²) in [5.74, 6) is -0.200. The van der Waals surface area contributed by atoms with Crippen LogP contribution in [0.3, 0.4) is 0 Å². The molecule has 0 spiro atoms. The van der Waals surface area contributed by atoms with Gasteiger partial charge in [0.25, 0.3) is 5.91 Å². The van der Waals surface area contributed by atoms with Gasteiger partial charge in [-0.3, -0.25) is 14.5 Å². The van der Waals surface area contributed by atoms with Gasteiger partial charge < -0.3 is 15.5 Å². The van der Waals surface area contributed by atoms with Gasteiger partial charge in [-0.1, -0.05) is 0 Å². The Bertz CT molecular complexity index is 668. The van der Waals surface area contributed by atoms with Crippen molar-refractivity contribution in [2.75, 3.05) is 38.0 Å². The van der Waals surface area contributed by atoms with Crippen LogP contribution in [0.25, 0.3) is 0 Å². The van der Waals surface area contributed by atoms with Crippen molar-refractivity contribution in [2.24, 2.45) is 0 Å². The number of amides is 4. The van der Waals surface area contributed by atoms with Crippen LogP contribution >= 0.6 is 0 Å². The molecule has 7 nitrogen and oxygen atoms in total. The SMILES string of the molecule is Cc1cc(C(=O)N2CCCC2)ccc1NCC(=O)N1CCNC1=O. The van der Waals surface area contributed by atoms with Gasteiger partial charge in [-0.15, -0.1) is 0 Å². The van der Waals surface area contributed by atoms with E-state index in [4.69, 9.17) is 0 Å². The van der Waals surface area contributed by atoms with Crippen LogP contribution in [-0.2, 0) is 4.79 Å². The van der Waals surface area contributed by atoms with E-state index in [1.165, 1.54) is 4.90 Å². The molecular weight excluding hydrogens is 308 g/mol. The van der Waals surface area contributed by atoms with Crippen molar-refractivity contribution < 1.29 is 14.4 Å². The summed E-state index contributed by atoms with van der Waals surface area (Å²) in [6.45, 7) is 4.50. The quantitative estimate of drug-likeness (QED) is 0.869. The predicted molar refractivity (Wildman–Crippen MR) is 89.9 cm³/mol. The van der Waals surface area contributed by atoms with E-state index < -0.39 is 0 Å². The van der Waals surface area contributed by atoms with Gasteiger partial charge in [-0.2, -0.15) is 0 Å². The minimum Gasteiger partial charge on any atom is -0.376 e. The van der Waals surface area contributed by atoms with E-state index >= 15 is 0 Å². The maximum absolute atomic E-state index is 12.4. The molecule has 0 atom stereocenters. The Balaban J connectivity index is 1.61. The molecule has 2 N–H and O–H groups in total. The van der Waals surface area contributed by atoms with E-state index in [2.05, 4.69) is 10.6 Å². The number of likely N-dealkylation sites (tertiary alicyclic amines) is 1. The Morgan fingerprint density at radius 2 is 1.96 bits per heavy atom. The number of imide groups is 1. The monoisotopic (exact) mass is 330 g/mol. The predicted octanol–water partition coefficient (Wildman–Crippen LogP) is 1.19. The molecule has 2 fully saturated rings. The zero-order valence-electron chi connectivity index (χ0n) is 13.8. The zero-order valence-corrected chi connectivity index (χ0v) is 13.8. The highest BCUT2D eigenvalue weighted by Gasteiger charge is 2.25. The first kappa shape index (κ1) is 16.3. The van der Waals surface area contributed by atoms with Gasteiger partial charge >= 0.3 is 6.03 Å². The molecule has 2 aliphatic rings. The van der Waals surface area contributed by atoms with Gasteiger partial charge in [0.15, 0.2) is 0 Å². The molecule has 3 rings (SSSR count). The third kappa shape index (κ3) is 3.34. The molecule has 4 amide bonds. The largest absolute Gasteiger partial charge is 0.376 e. The van der Waals surface area contributed by atoms with Crippen LogP contribution in [0, 0.1) is 6.92 Å². The standard InChI is InChI=1S/C17H22N4O3/c1-12-10-13(16(23)20-7-2-3-8-20)4-5-14(12)19-11-15(22)21-9-6-18-17(21)24/h4-5,10,19H,2-3,6-9,11H2,1H3,(H,18,24). The highest BCUT2D eigenvalue weighted by molar-refractivity contribution is 5.98. The number of benzene rings is 1. The summed E-state index contributed by atoms with van der Waals surface area (Å²) in [6.07, 6.45) is 2.13. The van der Waals surface area contributed by atoms with Crippen LogP contribution in [0.1, 0.15) is 28.8 Å². The number of nitrogens with zero attached hydrogens (tertiary/aromatic N) is 2. The van der Waals surface area contributed by atoms with Gasteiger partial charge in [0.05, 0.1) is 6.54 Å². The van der Waals surface area contributed by atoms with Crippen molar-refractivity contribution >= 4 is 23.5 Å². The topological polar surface area (TPSA) is 81.8 Å². The Morgan fingerprint density at radius 3 is 2.58 bits per heavy atom. The number of anilines is 1. The summed E-state index contributed by atoms with van der Waals surface area (Å²) >= 11 is 0. The fourth-order valence-electron chi connectivity index (χ4n) is 3.07. The smallest absolute Gasteiger partial charge is 0.324 e. The number of carbonyl (C=O) groups is 3. The van der Waals surface area contributed by atoms with E-state index in [1.54, 1.807) is 6.07 Å². The summed E-state index contributed by atoms with van der Waals surface area (Å²) in [5.41, 5.74) is 2.37. The maximum atomic E-state index is 12.4. The van der Waals surface area contributed by atoms with Crippen LogP contribution in [0.2, 0.25) is 0 Å². The van der Waals surface area contributed by atoms with Crippen molar-refractivity contribution in [3.05, 3.63) is 29.3 Å². The summed E-state index contributed by atoms with van der Waals surface area (Å²) in [7, 11) is 0. The van der Waals surface area contributed by atoms with Crippen molar-refractivity contribution in [1.82, 2.24) is 15.1 Å². The Morgan fingerprint density at radius 1 is 1.21 bits per heavy atom. The molecule has 2 aliphatic heterocycles. The molecule has 24 heavy (non-hydrogen) atoms. The zero-order chi connectivity index (χ0) is 17.1. The number of hydrogen-bond acceptors (Lipinski definition) is 4. The van der Waals surface area contributed by atoms with Crippen molar-refractivity contribution in [1.29, 1.82) is 0 Å². The van der Waals surface area contributed by atoms with E-state index in [-0.39, 0.29) is 24.4 Å². The average molecular weight is 330 g/mol. The lowest BCUT2D eigenvalue weighted by molar-refractivity contribution is -0.125. The number of nitrogens with one attached hydrogen (secondary N) is 2. The van der Waals surface area contributed by atoms with Crippen LogP contribution in [-0.4, -0.2) is 60.4 Å². The summed E-state index contributed by atoms with van der Waals surface area (Å²) in [6, 6.07) is 5.10. The lowest BCUT2D eigenvalue weighted by atomic mass is 10.1. The number of aryl methyl sites for hydroxylation is 1. The molecular formula is C17H22N4O3. The lowest BCUT2D eigenvalue weighted by Gasteiger charge is -2.17. The maximum Gasteiger partial charge on any atom is 0.324 e. The number of hydrogen-bond donors (Lipinski definition) is 2. The van der Waals surface area contributed by atoms with Crippen molar-refractivity contribution in [3.63, 3.8) is 0 Å². The van der Waals surface area contributed by atoms with Gasteiger partial charge in [0.1, 0.15) is 0 Å². The summed E-state index contributed by atoms with van der Waals surface area (Å²) in [5, 5.41) is 5.65. The molecule has 0 unspecified atom stereocenters. The molecule has 0 saturated carbocycles. The normalized spacial score (nSPS) is 17.1. The molecule has 2 heterocycles. The molecule has 1 aromatic carbocycles. The van der Waals surface area contributed by atoms with Crippen LogP contribution in [0.4, 0.5) is 10.5 Å².